The fourth-order valence-corrected chi connectivity index (χ4v) is 9.77. The van der Waals surface area contributed by atoms with Crippen molar-refractivity contribution >= 4 is 50.5 Å². The van der Waals surface area contributed by atoms with Gasteiger partial charge < -0.3 is 10.1 Å². The number of nitrogens with one attached hydrogen (secondary N) is 2. The quantitative estimate of drug-likeness (QED) is 0.0646. The highest BCUT2D eigenvalue weighted by molar-refractivity contribution is 7.92. The molecule has 3 atom stereocenters. The summed E-state index contributed by atoms with van der Waals surface area (Å²) in [5.41, 5.74) is -5.01. The second kappa shape index (κ2) is 16.1. The van der Waals surface area contributed by atoms with Crippen LogP contribution in [0.3, 0.4) is 0 Å². The smallest absolute Gasteiger partial charge is 0.346 e. The Hall–Kier alpha value is -5.62. The summed E-state index contributed by atoms with van der Waals surface area (Å²) < 4.78 is 161. The summed E-state index contributed by atoms with van der Waals surface area (Å²) in [5.74, 6) is -4.85. The van der Waals surface area contributed by atoms with Crippen LogP contribution in [-0.2, 0) is 51.2 Å². The SMILES string of the molecule is CC(C)(C#Cc1ccc(-c2ccc(Cl)c3c(NS(=O)(=O)CC4CC4)nn(CC(F)F)c23)c([C@H](Cc2cc(F)cc(F)c2)NC(=O)Cn2nc(C(F)(F)F)c3c2C(F)(F)[C@@H]2C[C@H]32)n1)C=O. The van der Waals surface area contributed by atoms with Crippen molar-refractivity contribution in [3.63, 3.8) is 0 Å². The van der Waals surface area contributed by atoms with Gasteiger partial charge in [-0.1, -0.05) is 23.6 Å². The molecule has 3 aliphatic rings. The average Bonchev–Trinajstić information content (AvgIpc) is 4.09. The van der Waals surface area contributed by atoms with Gasteiger partial charge in [0.05, 0.1) is 38.8 Å². The molecule has 3 heterocycles. The second-order valence-corrected chi connectivity index (χ2v) is 18.9. The maximum absolute atomic E-state index is 15.5. The van der Waals surface area contributed by atoms with Crippen LogP contribution >= 0.6 is 11.6 Å². The van der Waals surface area contributed by atoms with Crippen molar-refractivity contribution in [1.29, 1.82) is 0 Å². The number of hydrogen-bond acceptors (Lipinski definition) is 7. The minimum Gasteiger partial charge on any atom is -0.346 e. The van der Waals surface area contributed by atoms with E-state index in [0.717, 1.165) is 16.8 Å². The number of hydrogen-bond donors (Lipinski definition) is 2. The van der Waals surface area contributed by atoms with Crippen molar-refractivity contribution in [1.82, 2.24) is 29.9 Å². The minimum absolute atomic E-state index is 0.00203. The van der Waals surface area contributed by atoms with Gasteiger partial charge in [0.15, 0.2) is 11.5 Å². The summed E-state index contributed by atoms with van der Waals surface area (Å²) in [6.07, 6.45) is -7.01. The lowest BCUT2D eigenvalue weighted by Gasteiger charge is -2.23. The molecule has 338 valence electrons. The van der Waals surface area contributed by atoms with Gasteiger partial charge >= 0.3 is 6.18 Å². The molecule has 64 heavy (non-hydrogen) atoms. The molecule has 0 saturated heterocycles. The van der Waals surface area contributed by atoms with Crippen LogP contribution < -0.4 is 10.0 Å². The maximum atomic E-state index is 15.5. The van der Waals surface area contributed by atoms with Crippen LogP contribution in [0.25, 0.3) is 22.0 Å². The van der Waals surface area contributed by atoms with Crippen LogP contribution in [0.5, 0.6) is 0 Å². The number of benzene rings is 2. The van der Waals surface area contributed by atoms with Crippen molar-refractivity contribution in [2.24, 2.45) is 17.3 Å². The van der Waals surface area contributed by atoms with E-state index in [1.807, 2.05) is 0 Å². The predicted octanol–water partition coefficient (Wildman–Crippen LogP) is 8.55. The molecule has 0 unspecified atom stereocenters. The molecule has 3 aromatic heterocycles. The lowest BCUT2D eigenvalue weighted by molar-refractivity contribution is -0.142. The molecule has 2 saturated carbocycles. The normalized spacial score (nSPS) is 18.3. The van der Waals surface area contributed by atoms with Crippen molar-refractivity contribution in [2.75, 3.05) is 10.5 Å². The number of anilines is 1. The number of aromatic nitrogens is 5. The van der Waals surface area contributed by atoms with Crippen LogP contribution in [-0.4, -0.2) is 57.3 Å². The van der Waals surface area contributed by atoms with Crippen molar-refractivity contribution in [3.05, 3.63) is 93.0 Å². The molecular weight excluding hydrogens is 905 g/mol. The Kier molecular flexibility index (Phi) is 11.3. The second-order valence-electron chi connectivity index (χ2n) is 16.7. The van der Waals surface area contributed by atoms with Crippen molar-refractivity contribution in [3.8, 4) is 23.0 Å². The Balaban J connectivity index is 1.30. The standard InChI is InChI=1S/C42H35ClF9N7O4S/c1-40(2,19-60)10-9-24-5-6-25(26-7-8-29(43)34-36(26)58(16-31(46)47)56-39(34)57-64(62,63)18-20-3-4-20)35(53-24)30(13-21-11-22(44)14-23(45)12-21)54-32(61)17-59-38-33(37(55-59)42(50,51)52)27-15-28(27)41(38,48)49/h5-8,11-12,14,19-20,27-28,30-31H,3-4,13,15-18H2,1-2H3,(H,54,61)(H,56,57)/t27-,28+,30-/m0/s1. The van der Waals surface area contributed by atoms with E-state index in [1.54, 1.807) is 0 Å². The largest absolute Gasteiger partial charge is 0.435 e. The molecule has 11 nitrogen and oxygen atoms in total. The Labute approximate surface area is 363 Å². The van der Waals surface area contributed by atoms with Gasteiger partial charge in [-0.2, -0.15) is 32.1 Å². The number of pyridine rings is 1. The van der Waals surface area contributed by atoms with Crippen molar-refractivity contribution in [2.45, 2.75) is 83.1 Å². The number of fused-ring (bicyclic) bond motifs is 4. The molecule has 2 fully saturated rings. The van der Waals surface area contributed by atoms with Crippen LogP contribution in [0.4, 0.5) is 45.3 Å². The van der Waals surface area contributed by atoms with E-state index in [1.165, 1.54) is 38.1 Å². The Morgan fingerprint density at radius 1 is 1.03 bits per heavy atom. The van der Waals surface area contributed by atoms with E-state index in [9.17, 15) is 48.7 Å². The van der Waals surface area contributed by atoms with Gasteiger partial charge in [-0.3, -0.25) is 18.9 Å². The maximum Gasteiger partial charge on any atom is 0.435 e. The third-order valence-corrected chi connectivity index (χ3v) is 12.8. The van der Waals surface area contributed by atoms with Gasteiger partial charge in [0.1, 0.15) is 42.4 Å². The Bertz CT molecular complexity index is 2880. The molecule has 0 aliphatic heterocycles. The van der Waals surface area contributed by atoms with Gasteiger partial charge in [0.2, 0.25) is 15.9 Å². The van der Waals surface area contributed by atoms with E-state index in [-0.39, 0.29) is 72.6 Å². The number of nitrogens with zero attached hydrogens (tertiary/aromatic N) is 5. The molecule has 22 heteroatoms. The first-order chi connectivity index (χ1) is 29.9. The number of sulfonamides is 1. The molecule has 5 aromatic rings. The molecule has 2 N–H and O–H groups in total. The zero-order valence-electron chi connectivity index (χ0n) is 33.5. The van der Waals surface area contributed by atoms with Gasteiger partial charge in [-0.15, -0.1) is 0 Å². The molecule has 0 spiro atoms. The summed E-state index contributed by atoms with van der Waals surface area (Å²) in [7, 11) is -4.07. The molecule has 0 radical (unpaired) electrons. The monoisotopic (exact) mass is 939 g/mol. The third-order valence-electron chi connectivity index (χ3n) is 11.1. The Morgan fingerprint density at radius 3 is 2.36 bits per heavy atom. The number of aldehydes is 1. The zero-order valence-corrected chi connectivity index (χ0v) is 35.1. The summed E-state index contributed by atoms with van der Waals surface area (Å²) in [5, 5.41) is 9.92. The summed E-state index contributed by atoms with van der Waals surface area (Å²) in [4.78, 5) is 30.4. The zero-order chi connectivity index (χ0) is 46.3. The van der Waals surface area contributed by atoms with Crippen molar-refractivity contribution < 1.29 is 57.5 Å². The molecule has 1 amide bonds. The highest BCUT2D eigenvalue weighted by Gasteiger charge is 2.68. The summed E-state index contributed by atoms with van der Waals surface area (Å²) in [6, 6.07) is 6.26. The first kappa shape index (κ1) is 45.0. The predicted molar refractivity (Wildman–Crippen MR) is 214 cm³/mol. The molecule has 2 aromatic carbocycles. The van der Waals surface area contributed by atoms with Gasteiger partial charge in [0, 0.05) is 28.7 Å². The van der Waals surface area contributed by atoms with Crippen LogP contribution in [0, 0.1) is 40.7 Å². The first-order valence-electron chi connectivity index (χ1n) is 19.7. The summed E-state index contributed by atoms with van der Waals surface area (Å²) >= 11 is 6.63. The van der Waals surface area contributed by atoms with Gasteiger partial charge in [0.25, 0.3) is 12.3 Å². The number of halogens is 10. The first-order valence-corrected chi connectivity index (χ1v) is 21.8. The lowest BCUT2D eigenvalue weighted by Crippen LogP contribution is -2.35. The fourth-order valence-electron chi connectivity index (χ4n) is 8.06. The molecule has 0 bridgehead atoms. The van der Waals surface area contributed by atoms with E-state index in [4.69, 9.17) is 11.6 Å². The van der Waals surface area contributed by atoms with Crippen LogP contribution in [0.2, 0.25) is 5.02 Å². The van der Waals surface area contributed by atoms with Crippen LogP contribution in [0.15, 0.2) is 42.5 Å². The topological polar surface area (TPSA) is 141 Å². The number of carbonyl (C=O) groups excluding carboxylic acids is 2. The third kappa shape index (κ3) is 9.03. The molecular formula is C42H35ClF9N7O4S. The fraction of sp³-hybridized carbons (Fsp3) is 0.405. The lowest BCUT2D eigenvalue weighted by atomic mass is 9.93. The minimum atomic E-state index is -5.14. The molecule has 8 rings (SSSR count). The average molecular weight is 940 g/mol. The Morgan fingerprint density at radius 2 is 1.72 bits per heavy atom. The number of amides is 1. The van der Waals surface area contributed by atoms with Gasteiger partial charge in [-0.05, 0) is 93.2 Å². The highest BCUT2D eigenvalue weighted by Crippen LogP contribution is 2.68. The number of carbonyl (C=O) groups is 2. The van der Waals surface area contributed by atoms with Crippen LogP contribution in [0.1, 0.15) is 79.0 Å². The van der Waals surface area contributed by atoms with E-state index >= 15 is 8.78 Å². The highest BCUT2D eigenvalue weighted by atomic mass is 35.5. The van der Waals surface area contributed by atoms with E-state index < -0.39 is 106 Å². The van der Waals surface area contributed by atoms with E-state index in [0.29, 0.717) is 25.2 Å². The number of alkyl halides is 7. The molecule has 3 aliphatic carbocycles. The summed E-state index contributed by atoms with van der Waals surface area (Å²) in [6.45, 7) is 0.737. The van der Waals surface area contributed by atoms with E-state index in [2.05, 4.69) is 37.1 Å². The van der Waals surface area contributed by atoms with Gasteiger partial charge in [-0.25, -0.2) is 31.0 Å². The number of rotatable bonds is 14.